The number of aliphatic hydroxyl groups excluding tert-OH is 1. The van der Waals surface area contributed by atoms with Gasteiger partial charge in [0.2, 0.25) is 0 Å². The van der Waals surface area contributed by atoms with Crippen LogP contribution in [0.15, 0.2) is 39.4 Å². The molecule has 3 N–H and O–H groups in total. The Hall–Kier alpha value is -1.06. The Morgan fingerprint density at radius 3 is 2.70 bits per heavy atom. The molecule has 0 aliphatic heterocycles. The second kappa shape index (κ2) is 7.23. The number of aliphatic hydroxyl groups is 1. The van der Waals surface area contributed by atoms with Crippen LogP contribution in [0.25, 0.3) is 10.3 Å². The Morgan fingerprint density at radius 1 is 1.26 bits per heavy atom. The number of thiazole rings is 1. The molecule has 2 heterocycles. The van der Waals surface area contributed by atoms with E-state index in [1.54, 1.807) is 11.8 Å². The summed E-state index contributed by atoms with van der Waals surface area (Å²) in [5.41, 5.74) is 8.22. The highest BCUT2D eigenvalue weighted by molar-refractivity contribution is 9.11. The van der Waals surface area contributed by atoms with Crippen LogP contribution in [0.5, 0.6) is 0 Å². The fourth-order valence-corrected chi connectivity index (χ4v) is 4.24. The molecule has 0 saturated carbocycles. The van der Waals surface area contributed by atoms with Crippen molar-refractivity contribution >= 4 is 49.4 Å². The summed E-state index contributed by atoms with van der Waals surface area (Å²) in [6.45, 7) is 1.84. The van der Waals surface area contributed by atoms with Gasteiger partial charge in [0.05, 0.1) is 5.69 Å². The Kier molecular flexibility index (Phi) is 5.27. The van der Waals surface area contributed by atoms with Gasteiger partial charge in [-0.2, -0.15) is 0 Å². The van der Waals surface area contributed by atoms with Gasteiger partial charge >= 0.3 is 0 Å². The topological polar surface area (TPSA) is 84.9 Å². The summed E-state index contributed by atoms with van der Waals surface area (Å²) < 4.78 is 0.743. The zero-order chi connectivity index (χ0) is 16.4. The van der Waals surface area contributed by atoms with Gasteiger partial charge in [0.1, 0.15) is 16.6 Å². The quantitative estimate of drug-likeness (QED) is 0.380. The van der Waals surface area contributed by atoms with Crippen LogP contribution in [0, 0.1) is 0 Å². The average molecular weight is 411 g/mol. The third kappa shape index (κ3) is 3.89. The number of benzene rings is 1. The molecule has 0 aliphatic rings. The summed E-state index contributed by atoms with van der Waals surface area (Å²) in [6.07, 6.45) is -0.986. The van der Waals surface area contributed by atoms with Crippen molar-refractivity contribution in [3.8, 4) is 0 Å². The van der Waals surface area contributed by atoms with E-state index in [0.29, 0.717) is 16.4 Å². The average Bonchev–Trinajstić information content (AvgIpc) is 2.92. The van der Waals surface area contributed by atoms with E-state index in [0.717, 1.165) is 14.5 Å². The monoisotopic (exact) mass is 410 g/mol. The van der Waals surface area contributed by atoms with Crippen molar-refractivity contribution in [1.82, 2.24) is 15.0 Å². The molecule has 0 radical (unpaired) electrons. The fourth-order valence-electron chi connectivity index (χ4n) is 2.06. The second-order valence-electron chi connectivity index (χ2n) is 5.07. The molecule has 0 bridgehead atoms. The molecule has 0 aliphatic carbocycles. The zero-order valence-electron chi connectivity index (χ0n) is 12.3. The molecular formula is C15H15BrN4OS2. The molecule has 3 aromatic rings. The van der Waals surface area contributed by atoms with Crippen molar-refractivity contribution in [3.05, 3.63) is 45.5 Å². The summed E-state index contributed by atoms with van der Waals surface area (Å²) in [5.74, 6) is 0.469. The number of hydrogen-bond acceptors (Lipinski definition) is 7. The lowest BCUT2D eigenvalue weighted by atomic mass is 10.1. The summed E-state index contributed by atoms with van der Waals surface area (Å²) in [6, 6.07) is 10.2. The van der Waals surface area contributed by atoms with E-state index in [9.17, 15) is 5.11 Å². The maximum atomic E-state index is 9.71. The molecule has 3 rings (SSSR count). The highest BCUT2D eigenvalue weighted by Crippen LogP contribution is 2.32. The van der Waals surface area contributed by atoms with Crippen molar-refractivity contribution in [2.24, 2.45) is 5.73 Å². The van der Waals surface area contributed by atoms with Crippen LogP contribution < -0.4 is 5.73 Å². The normalized spacial score (nSPS) is 14.1. The fraction of sp³-hybridized carbons (Fsp3) is 0.267. The van der Waals surface area contributed by atoms with E-state index in [-0.39, 0.29) is 5.92 Å². The molecule has 5 nitrogen and oxygen atoms in total. The first kappa shape index (κ1) is 16.8. The van der Waals surface area contributed by atoms with Gasteiger partial charge < -0.3 is 10.8 Å². The summed E-state index contributed by atoms with van der Waals surface area (Å²) in [7, 11) is 0. The molecule has 1 unspecified atom stereocenters. The van der Waals surface area contributed by atoms with Gasteiger partial charge in [-0.25, -0.2) is 15.0 Å². The van der Waals surface area contributed by atoms with E-state index < -0.39 is 6.23 Å². The minimum absolute atomic E-state index is 0.314. The van der Waals surface area contributed by atoms with Crippen LogP contribution in [0.3, 0.4) is 0 Å². The minimum Gasteiger partial charge on any atom is -0.378 e. The molecule has 0 spiro atoms. The molecule has 0 saturated heterocycles. The highest BCUT2D eigenvalue weighted by Gasteiger charge is 2.21. The zero-order valence-corrected chi connectivity index (χ0v) is 15.5. The van der Waals surface area contributed by atoms with Crippen LogP contribution in [0.1, 0.15) is 24.1 Å². The van der Waals surface area contributed by atoms with Crippen molar-refractivity contribution in [3.63, 3.8) is 0 Å². The first-order valence-electron chi connectivity index (χ1n) is 6.99. The van der Waals surface area contributed by atoms with Gasteiger partial charge in [0, 0.05) is 11.7 Å². The van der Waals surface area contributed by atoms with Gasteiger partial charge in [0.25, 0.3) is 0 Å². The predicted octanol–water partition coefficient (Wildman–Crippen LogP) is 3.52. The van der Waals surface area contributed by atoms with Gasteiger partial charge in [0.15, 0.2) is 9.07 Å². The standard InChI is InChI=1S/C15H15BrN4OS2/c1-8(12(17)21)10-11-13(23-14(16)18-11)20-15(19-10)22-7-9-5-3-2-4-6-9/h2-6,8,12,21H,7,17H2,1H3/t8-,12?/m1/s1. The number of fused-ring (bicyclic) bond motifs is 1. The molecule has 0 fully saturated rings. The van der Waals surface area contributed by atoms with E-state index in [1.807, 2.05) is 25.1 Å². The Labute approximate surface area is 150 Å². The number of rotatable bonds is 5. The second-order valence-corrected chi connectivity index (χ2v) is 8.26. The van der Waals surface area contributed by atoms with E-state index in [1.165, 1.54) is 16.9 Å². The molecule has 23 heavy (non-hydrogen) atoms. The van der Waals surface area contributed by atoms with Crippen LogP contribution in [0.2, 0.25) is 0 Å². The Balaban J connectivity index is 1.94. The molecule has 120 valence electrons. The summed E-state index contributed by atoms with van der Waals surface area (Å²) in [4.78, 5) is 14.4. The van der Waals surface area contributed by atoms with Crippen LogP contribution in [0.4, 0.5) is 0 Å². The highest BCUT2D eigenvalue weighted by atomic mass is 79.9. The number of aromatic nitrogens is 3. The third-order valence-electron chi connectivity index (χ3n) is 3.39. The maximum absolute atomic E-state index is 9.71. The van der Waals surface area contributed by atoms with E-state index >= 15 is 0 Å². The first-order chi connectivity index (χ1) is 11.0. The number of hydrogen-bond donors (Lipinski definition) is 2. The van der Waals surface area contributed by atoms with Crippen LogP contribution >= 0.6 is 39.0 Å². The Morgan fingerprint density at radius 2 is 2.00 bits per heavy atom. The Bertz CT molecular complexity index is 810. The van der Waals surface area contributed by atoms with E-state index in [2.05, 4.69) is 43.0 Å². The SMILES string of the molecule is C[C@H](c1nc(SCc2ccccc2)nc2sc(Br)nc12)C(N)O. The molecule has 2 aromatic heterocycles. The van der Waals surface area contributed by atoms with Crippen molar-refractivity contribution in [1.29, 1.82) is 0 Å². The first-order valence-corrected chi connectivity index (χ1v) is 9.58. The molecular weight excluding hydrogens is 396 g/mol. The van der Waals surface area contributed by atoms with Crippen molar-refractivity contribution in [2.75, 3.05) is 0 Å². The van der Waals surface area contributed by atoms with Crippen molar-refractivity contribution < 1.29 is 5.11 Å². The van der Waals surface area contributed by atoms with Gasteiger partial charge in [-0.3, -0.25) is 0 Å². The molecule has 8 heteroatoms. The lowest BCUT2D eigenvalue weighted by molar-refractivity contribution is 0.155. The lowest BCUT2D eigenvalue weighted by Gasteiger charge is -2.15. The molecule has 2 atom stereocenters. The molecule has 0 amide bonds. The van der Waals surface area contributed by atoms with Gasteiger partial charge in [-0.15, -0.1) is 0 Å². The van der Waals surface area contributed by atoms with Gasteiger partial charge in [-0.05, 0) is 21.5 Å². The third-order valence-corrected chi connectivity index (χ3v) is 5.71. The van der Waals surface area contributed by atoms with Gasteiger partial charge in [-0.1, -0.05) is 60.4 Å². The van der Waals surface area contributed by atoms with Crippen LogP contribution in [-0.4, -0.2) is 26.3 Å². The smallest absolute Gasteiger partial charge is 0.189 e. The largest absolute Gasteiger partial charge is 0.378 e. The lowest BCUT2D eigenvalue weighted by Crippen LogP contribution is -2.26. The molecule has 1 aromatic carbocycles. The number of nitrogens with two attached hydrogens (primary N) is 1. The van der Waals surface area contributed by atoms with E-state index in [4.69, 9.17) is 5.73 Å². The minimum atomic E-state index is -0.986. The number of nitrogens with zero attached hydrogens (tertiary/aromatic N) is 3. The summed E-state index contributed by atoms with van der Waals surface area (Å²) in [5, 5.41) is 10.4. The number of thioether (sulfide) groups is 1. The predicted molar refractivity (Wildman–Crippen MR) is 97.5 cm³/mol. The van der Waals surface area contributed by atoms with Crippen molar-refractivity contribution in [2.45, 2.75) is 30.0 Å². The number of halogens is 1. The van der Waals surface area contributed by atoms with Crippen LogP contribution in [-0.2, 0) is 5.75 Å². The maximum Gasteiger partial charge on any atom is 0.189 e. The summed E-state index contributed by atoms with van der Waals surface area (Å²) >= 11 is 6.39.